The van der Waals surface area contributed by atoms with Gasteiger partial charge in [-0.3, -0.25) is 9.69 Å². The molecule has 1 atom stereocenters. The average Bonchev–Trinajstić information content (AvgIpc) is 2.79. The number of carbonyl (C=O) groups excluding carboxylic acids is 2. The van der Waals surface area contributed by atoms with E-state index in [1.165, 1.54) is 4.90 Å². The molecule has 156 valence electrons. The highest BCUT2D eigenvalue weighted by Gasteiger charge is 2.28. The van der Waals surface area contributed by atoms with Crippen molar-refractivity contribution in [2.24, 2.45) is 4.99 Å². The van der Waals surface area contributed by atoms with Crippen LogP contribution in [0.5, 0.6) is 0 Å². The quantitative estimate of drug-likeness (QED) is 0.588. The molecule has 31 heavy (non-hydrogen) atoms. The van der Waals surface area contributed by atoms with E-state index in [9.17, 15) is 14.7 Å². The van der Waals surface area contributed by atoms with Crippen molar-refractivity contribution in [2.75, 3.05) is 16.8 Å². The third-order valence-corrected chi connectivity index (χ3v) is 4.90. The standard InChI is InChI=1S/C24H22N4O3/c29-22-16-28(21-14-8-7-13-19(21)26-22)24(31)27-20(15-17-9-3-1-4-10-17)23(30)25-18-11-5-2-6-12-18/h1-14,20H,15-16H2,(H,25,30)(H,26,29)(H,27,31). The number of aliphatic hydroxyl groups excluding tert-OH is 1. The smallest absolute Gasteiger partial charge is 0.323 e. The second-order valence-corrected chi connectivity index (χ2v) is 7.15. The third-order valence-electron chi connectivity index (χ3n) is 4.90. The van der Waals surface area contributed by atoms with Gasteiger partial charge in [0.15, 0.2) is 0 Å². The van der Waals surface area contributed by atoms with E-state index in [-0.39, 0.29) is 18.3 Å². The summed E-state index contributed by atoms with van der Waals surface area (Å²) in [5, 5.41) is 15.7. The van der Waals surface area contributed by atoms with Crippen LogP contribution in [0.3, 0.4) is 0 Å². The van der Waals surface area contributed by atoms with Gasteiger partial charge >= 0.3 is 6.03 Å². The highest BCUT2D eigenvalue weighted by atomic mass is 16.3. The van der Waals surface area contributed by atoms with Crippen LogP contribution in [0.25, 0.3) is 0 Å². The lowest BCUT2D eigenvalue weighted by Gasteiger charge is -2.29. The van der Waals surface area contributed by atoms with Crippen molar-refractivity contribution in [3.8, 4) is 0 Å². The normalized spacial score (nSPS) is 13.5. The van der Waals surface area contributed by atoms with Gasteiger partial charge in [0, 0.05) is 12.1 Å². The van der Waals surface area contributed by atoms with Crippen molar-refractivity contribution >= 4 is 34.9 Å². The number of hydrogen-bond acceptors (Lipinski definition) is 3. The van der Waals surface area contributed by atoms with Crippen molar-refractivity contribution < 1.29 is 14.7 Å². The highest BCUT2D eigenvalue weighted by Crippen LogP contribution is 2.31. The van der Waals surface area contributed by atoms with Gasteiger partial charge in [-0.15, -0.1) is 0 Å². The molecular formula is C24H22N4O3. The van der Waals surface area contributed by atoms with E-state index < -0.39 is 12.1 Å². The molecule has 3 amide bonds. The number of para-hydroxylation sites is 3. The average molecular weight is 414 g/mol. The zero-order valence-electron chi connectivity index (χ0n) is 16.7. The Morgan fingerprint density at radius 2 is 1.58 bits per heavy atom. The lowest BCUT2D eigenvalue weighted by molar-refractivity contribution is -0.117. The fourth-order valence-corrected chi connectivity index (χ4v) is 3.41. The summed E-state index contributed by atoms with van der Waals surface area (Å²) in [6.07, 6.45) is 0.320. The number of aliphatic hydroxyl groups is 1. The van der Waals surface area contributed by atoms with Crippen molar-refractivity contribution in [3.05, 3.63) is 90.5 Å². The monoisotopic (exact) mass is 414 g/mol. The molecule has 0 fully saturated rings. The van der Waals surface area contributed by atoms with Gasteiger partial charge in [-0.25, -0.2) is 9.79 Å². The fraction of sp³-hybridized carbons (Fsp3) is 0.125. The topological polar surface area (TPSA) is 94.0 Å². The molecule has 1 unspecified atom stereocenters. The fourth-order valence-electron chi connectivity index (χ4n) is 3.41. The number of aliphatic imine (C=N–C) groups is 1. The maximum Gasteiger partial charge on any atom is 0.323 e. The SMILES string of the molecule is O=C(Nc1ccccc1)C(Cc1ccccc1)NC(=O)N1CC(O)=Nc2ccccc21. The summed E-state index contributed by atoms with van der Waals surface area (Å²) in [6, 6.07) is 24.3. The van der Waals surface area contributed by atoms with E-state index in [2.05, 4.69) is 15.6 Å². The van der Waals surface area contributed by atoms with E-state index in [4.69, 9.17) is 0 Å². The van der Waals surface area contributed by atoms with Crippen LogP contribution >= 0.6 is 0 Å². The summed E-state index contributed by atoms with van der Waals surface area (Å²) in [5.41, 5.74) is 2.63. The Morgan fingerprint density at radius 3 is 2.32 bits per heavy atom. The maximum atomic E-state index is 13.1. The minimum atomic E-state index is -0.816. The van der Waals surface area contributed by atoms with Gasteiger partial charge in [0.05, 0.1) is 11.4 Å². The largest absolute Gasteiger partial charge is 0.495 e. The van der Waals surface area contributed by atoms with E-state index >= 15 is 0 Å². The van der Waals surface area contributed by atoms with Gasteiger partial charge in [-0.2, -0.15) is 0 Å². The number of hydrogen-bond donors (Lipinski definition) is 3. The molecule has 1 aliphatic heterocycles. The molecule has 3 aromatic carbocycles. The summed E-state index contributed by atoms with van der Waals surface area (Å²) in [4.78, 5) is 31.6. The Morgan fingerprint density at radius 1 is 0.935 bits per heavy atom. The molecule has 0 bridgehead atoms. The molecular weight excluding hydrogens is 392 g/mol. The van der Waals surface area contributed by atoms with Crippen molar-refractivity contribution in [2.45, 2.75) is 12.5 Å². The van der Waals surface area contributed by atoms with E-state index in [0.29, 0.717) is 23.5 Å². The number of fused-ring (bicyclic) bond motifs is 1. The number of amides is 3. The zero-order valence-corrected chi connectivity index (χ0v) is 16.7. The molecule has 0 spiro atoms. The van der Waals surface area contributed by atoms with Crippen molar-refractivity contribution in [3.63, 3.8) is 0 Å². The van der Waals surface area contributed by atoms with Crippen LogP contribution in [0, 0.1) is 0 Å². The first-order valence-corrected chi connectivity index (χ1v) is 9.93. The summed E-state index contributed by atoms with van der Waals surface area (Å²) in [5.74, 6) is -0.492. The number of benzene rings is 3. The Labute approximate surface area is 180 Å². The number of carbonyl (C=O) groups is 2. The molecule has 0 saturated carbocycles. The van der Waals surface area contributed by atoms with Crippen LogP contribution in [0.4, 0.5) is 21.9 Å². The number of nitrogens with one attached hydrogen (secondary N) is 2. The highest BCUT2D eigenvalue weighted by molar-refractivity contribution is 6.05. The summed E-state index contributed by atoms with van der Waals surface area (Å²) < 4.78 is 0. The zero-order chi connectivity index (χ0) is 21.6. The summed E-state index contributed by atoms with van der Waals surface area (Å²) in [6.45, 7) is -0.0682. The minimum Gasteiger partial charge on any atom is -0.495 e. The Kier molecular flexibility index (Phi) is 5.93. The molecule has 0 radical (unpaired) electrons. The predicted octanol–water partition coefficient (Wildman–Crippen LogP) is 4.05. The van der Waals surface area contributed by atoms with Crippen LogP contribution in [0.1, 0.15) is 5.56 Å². The second-order valence-electron chi connectivity index (χ2n) is 7.15. The predicted molar refractivity (Wildman–Crippen MR) is 121 cm³/mol. The van der Waals surface area contributed by atoms with Crippen molar-refractivity contribution in [1.82, 2.24) is 5.32 Å². The number of rotatable bonds is 5. The van der Waals surface area contributed by atoms with Gasteiger partial charge in [-0.05, 0) is 29.8 Å². The Bertz CT molecular complexity index is 1100. The first-order chi connectivity index (χ1) is 15.1. The molecule has 3 N–H and O–H groups in total. The molecule has 0 aliphatic carbocycles. The van der Waals surface area contributed by atoms with Crippen LogP contribution in [-0.4, -0.2) is 35.5 Å². The van der Waals surface area contributed by atoms with Gasteiger partial charge in [-0.1, -0.05) is 60.7 Å². The molecule has 3 aromatic rings. The first-order valence-electron chi connectivity index (χ1n) is 9.93. The van der Waals surface area contributed by atoms with Gasteiger partial charge < -0.3 is 15.7 Å². The lowest BCUT2D eigenvalue weighted by Crippen LogP contribution is -2.52. The minimum absolute atomic E-state index is 0.0682. The second kappa shape index (κ2) is 9.13. The van der Waals surface area contributed by atoms with Gasteiger partial charge in [0.25, 0.3) is 0 Å². The van der Waals surface area contributed by atoms with Crippen LogP contribution < -0.4 is 15.5 Å². The summed E-state index contributed by atoms with van der Waals surface area (Å²) >= 11 is 0. The number of anilines is 2. The molecule has 0 aromatic heterocycles. The molecule has 1 aliphatic rings. The molecule has 1 heterocycles. The van der Waals surface area contributed by atoms with Crippen LogP contribution in [0.2, 0.25) is 0 Å². The Balaban J connectivity index is 1.56. The van der Waals surface area contributed by atoms with Crippen LogP contribution in [0.15, 0.2) is 89.9 Å². The molecule has 4 rings (SSSR count). The van der Waals surface area contributed by atoms with Gasteiger partial charge in [0.1, 0.15) is 12.6 Å². The van der Waals surface area contributed by atoms with E-state index in [1.54, 1.807) is 36.4 Å². The lowest BCUT2D eigenvalue weighted by atomic mass is 10.1. The Hall–Kier alpha value is -4.13. The molecule has 0 saturated heterocycles. The summed E-state index contributed by atoms with van der Waals surface area (Å²) in [7, 11) is 0. The van der Waals surface area contributed by atoms with E-state index in [1.807, 2.05) is 48.5 Å². The van der Waals surface area contributed by atoms with Crippen LogP contribution in [-0.2, 0) is 11.2 Å². The molecule has 7 nitrogen and oxygen atoms in total. The first kappa shape index (κ1) is 20.2. The van der Waals surface area contributed by atoms with E-state index in [0.717, 1.165) is 5.56 Å². The van der Waals surface area contributed by atoms with Gasteiger partial charge in [0.2, 0.25) is 11.8 Å². The molecule has 7 heteroatoms. The maximum absolute atomic E-state index is 13.1. The number of nitrogens with zero attached hydrogens (tertiary/aromatic N) is 2. The number of urea groups is 1. The third kappa shape index (κ3) is 4.90. The van der Waals surface area contributed by atoms with Crippen molar-refractivity contribution in [1.29, 1.82) is 0 Å².